The highest BCUT2D eigenvalue weighted by atomic mass is 35.5. The first-order chi connectivity index (χ1) is 10.9. The van der Waals surface area contributed by atoms with Gasteiger partial charge in [-0.1, -0.05) is 23.7 Å². The third kappa shape index (κ3) is 2.85. The lowest BCUT2D eigenvalue weighted by molar-refractivity contribution is 0.00747. The average Bonchev–Trinajstić information content (AvgIpc) is 2.51. The van der Waals surface area contributed by atoms with Crippen molar-refractivity contribution in [2.24, 2.45) is 0 Å². The first-order valence-corrected chi connectivity index (χ1v) is 7.45. The van der Waals surface area contributed by atoms with E-state index in [9.17, 15) is 15.0 Å². The van der Waals surface area contributed by atoms with E-state index in [4.69, 9.17) is 16.3 Å². The Balaban J connectivity index is 1.80. The Kier molecular flexibility index (Phi) is 3.92. The summed E-state index contributed by atoms with van der Waals surface area (Å²) in [5, 5.41) is 20.6. The van der Waals surface area contributed by atoms with Gasteiger partial charge in [0.2, 0.25) is 0 Å². The summed E-state index contributed by atoms with van der Waals surface area (Å²) >= 11 is 6.12. The zero-order chi connectivity index (χ0) is 16.6. The van der Waals surface area contributed by atoms with Gasteiger partial charge in [-0.25, -0.2) is 4.79 Å². The number of nitrogens with zero attached hydrogens (tertiary/aromatic N) is 1. The van der Waals surface area contributed by atoms with Crippen LogP contribution in [0.15, 0.2) is 42.5 Å². The molecular weight excluding hydrogens is 318 g/mol. The van der Waals surface area contributed by atoms with Crippen molar-refractivity contribution in [2.75, 3.05) is 25.1 Å². The topological polar surface area (TPSA) is 70.0 Å². The van der Waals surface area contributed by atoms with E-state index in [1.54, 1.807) is 36.4 Å². The maximum Gasteiger partial charge on any atom is 0.337 e. The fourth-order valence-electron chi connectivity index (χ4n) is 2.74. The van der Waals surface area contributed by atoms with Gasteiger partial charge in [0.15, 0.2) is 0 Å². The molecular formula is C17H16ClNO4. The molecule has 2 aromatic rings. The molecule has 0 amide bonds. The van der Waals surface area contributed by atoms with E-state index in [1.807, 2.05) is 4.90 Å². The molecule has 2 aromatic carbocycles. The fraction of sp³-hybridized carbons (Fsp3) is 0.235. The van der Waals surface area contributed by atoms with E-state index in [-0.39, 0.29) is 5.75 Å². The molecule has 1 aliphatic rings. The van der Waals surface area contributed by atoms with Crippen LogP contribution in [0.3, 0.4) is 0 Å². The van der Waals surface area contributed by atoms with Crippen molar-refractivity contribution in [3.05, 3.63) is 58.6 Å². The molecule has 0 saturated carbocycles. The van der Waals surface area contributed by atoms with Crippen LogP contribution in [0.25, 0.3) is 0 Å². The number of rotatable bonds is 3. The second kappa shape index (κ2) is 5.76. The number of esters is 1. The second-order valence-electron chi connectivity index (χ2n) is 5.60. The highest BCUT2D eigenvalue weighted by Gasteiger charge is 2.43. The highest BCUT2D eigenvalue weighted by Crippen LogP contribution is 2.39. The van der Waals surface area contributed by atoms with Crippen LogP contribution in [0, 0.1) is 0 Å². The molecule has 1 aliphatic heterocycles. The molecule has 1 heterocycles. The summed E-state index contributed by atoms with van der Waals surface area (Å²) in [7, 11) is 1.32. The maximum atomic E-state index is 11.6. The van der Waals surface area contributed by atoms with Crippen LogP contribution in [0.4, 0.5) is 5.69 Å². The normalized spacial score (nSPS) is 15.9. The molecule has 0 aliphatic carbocycles. The highest BCUT2D eigenvalue weighted by molar-refractivity contribution is 6.33. The molecule has 0 spiro atoms. The summed E-state index contributed by atoms with van der Waals surface area (Å²) < 4.78 is 4.70. The molecule has 6 heteroatoms. The summed E-state index contributed by atoms with van der Waals surface area (Å²) in [5.74, 6) is -0.339. The minimum absolute atomic E-state index is 0.0975. The molecule has 0 atom stereocenters. The number of ether oxygens (including phenoxy) is 1. The molecule has 23 heavy (non-hydrogen) atoms. The molecule has 0 bridgehead atoms. The number of aromatic hydroxyl groups is 1. The van der Waals surface area contributed by atoms with Gasteiger partial charge in [0.1, 0.15) is 11.4 Å². The lowest BCUT2D eigenvalue weighted by atomic mass is 9.85. The minimum atomic E-state index is -1.05. The number of aliphatic hydroxyl groups is 1. The van der Waals surface area contributed by atoms with Gasteiger partial charge in [-0.3, -0.25) is 0 Å². The molecule has 1 saturated heterocycles. The average molecular weight is 334 g/mol. The van der Waals surface area contributed by atoms with Gasteiger partial charge < -0.3 is 19.8 Å². The van der Waals surface area contributed by atoms with Gasteiger partial charge in [-0.2, -0.15) is 0 Å². The summed E-state index contributed by atoms with van der Waals surface area (Å²) in [6.07, 6.45) is 0. The van der Waals surface area contributed by atoms with Crippen LogP contribution >= 0.6 is 11.6 Å². The number of hydrogen-bond donors (Lipinski definition) is 2. The summed E-state index contributed by atoms with van der Waals surface area (Å²) in [4.78, 5) is 13.5. The summed E-state index contributed by atoms with van der Waals surface area (Å²) in [5.41, 5.74) is 0.759. The number of phenolic OH excluding ortho intramolecular Hbond substituents is 1. The third-order valence-corrected chi connectivity index (χ3v) is 4.30. The van der Waals surface area contributed by atoms with Crippen LogP contribution in [0.2, 0.25) is 5.02 Å². The Hall–Kier alpha value is -2.24. The molecule has 5 nitrogen and oxygen atoms in total. The van der Waals surface area contributed by atoms with Crippen molar-refractivity contribution in [3.8, 4) is 5.75 Å². The Bertz CT molecular complexity index is 756. The van der Waals surface area contributed by atoms with Crippen LogP contribution < -0.4 is 4.90 Å². The molecule has 3 rings (SSSR count). The van der Waals surface area contributed by atoms with E-state index >= 15 is 0 Å². The smallest absolute Gasteiger partial charge is 0.337 e. The van der Waals surface area contributed by atoms with Crippen molar-refractivity contribution >= 4 is 23.3 Å². The third-order valence-electron chi connectivity index (χ3n) is 4.00. The Labute approximate surface area is 138 Å². The van der Waals surface area contributed by atoms with Gasteiger partial charge in [-0.05, 0) is 29.8 Å². The number of benzene rings is 2. The zero-order valence-electron chi connectivity index (χ0n) is 12.5. The molecule has 0 radical (unpaired) electrons. The van der Waals surface area contributed by atoms with E-state index < -0.39 is 11.6 Å². The number of anilines is 1. The molecule has 120 valence electrons. The number of carbonyl (C=O) groups excluding carboxylic acids is 1. The van der Waals surface area contributed by atoms with E-state index in [2.05, 4.69) is 0 Å². The molecule has 2 N–H and O–H groups in total. The van der Waals surface area contributed by atoms with Gasteiger partial charge in [-0.15, -0.1) is 0 Å². The first kappa shape index (κ1) is 15.6. The van der Waals surface area contributed by atoms with Crippen molar-refractivity contribution < 1.29 is 19.7 Å². The number of carbonyl (C=O) groups is 1. The quantitative estimate of drug-likeness (QED) is 0.845. The Morgan fingerprint density at radius 2 is 2.00 bits per heavy atom. The SMILES string of the molecule is COC(=O)c1cccc(C2(O)CN(c3ccc(O)cc3Cl)C2)c1. The zero-order valence-corrected chi connectivity index (χ0v) is 13.2. The second-order valence-corrected chi connectivity index (χ2v) is 6.00. The van der Waals surface area contributed by atoms with Gasteiger partial charge >= 0.3 is 5.97 Å². The molecule has 0 unspecified atom stereocenters. The standard InChI is InChI=1S/C17H16ClNO4/c1-23-16(21)11-3-2-4-12(7-11)17(22)9-19(10-17)15-6-5-13(20)8-14(15)18/h2-8,20,22H,9-10H2,1H3. The lowest BCUT2D eigenvalue weighted by Crippen LogP contribution is -2.59. The summed E-state index contributed by atoms with van der Waals surface area (Å²) in [6.45, 7) is 0.699. The lowest BCUT2D eigenvalue weighted by Gasteiger charge is -2.48. The van der Waals surface area contributed by atoms with Gasteiger partial charge in [0.25, 0.3) is 0 Å². The maximum absolute atomic E-state index is 11.6. The summed E-state index contributed by atoms with van der Waals surface area (Å²) in [6, 6.07) is 11.5. The van der Waals surface area contributed by atoms with E-state index in [0.717, 1.165) is 5.69 Å². The molecule has 0 aromatic heterocycles. The number of methoxy groups -OCH3 is 1. The predicted molar refractivity (Wildman–Crippen MR) is 87.0 cm³/mol. The predicted octanol–water partition coefficient (Wildman–Crippen LogP) is 2.54. The number of phenols is 1. The number of β-amino-alcohol motifs (C(OH)–C–C–N with tert-alkyl or cyclic N) is 1. The minimum Gasteiger partial charge on any atom is -0.508 e. The van der Waals surface area contributed by atoms with Gasteiger partial charge in [0.05, 0.1) is 36.5 Å². The Morgan fingerprint density at radius 1 is 1.26 bits per heavy atom. The van der Waals surface area contributed by atoms with E-state index in [0.29, 0.717) is 29.2 Å². The van der Waals surface area contributed by atoms with Crippen LogP contribution in [0.5, 0.6) is 5.75 Å². The molecule has 1 fully saturated rings. The van der Waals surface area contributed by atoms with Crippen LogP contribution in [-0.4, -0.2) is 36.4 Å². The van der Waals surface area contributed by atoms with Crippen LogP contribution in [0.1, 0.15) is 15.9 Å². The van der Waals surface area contributed by atoms with Crippen molar-refractivity contribution in [3.63, 3.8) is 0 Å². The fourth-order valence-corrected chi connectivity index (χ4v) is 3.04. The number of halogens is 1. The van der Waals surface area contributed by atoms with Crippen molar-refractivity contribution in [1.82, 2.24) is 0 Å². The van der Waals surface area contributed by atoms with Crippen LogP contribution in [-0.2, 0) is 10.3 Å². The van der Waals surface area contributed by atoms with Crippen molar-refractivity contribution in [2.45, 2.75) is 5.60 Å². The first-order valence-electron chi connectivity index (χ1n) is 7.08. The number of hydrogen-bond acceptors (Lipinski definition) is 5. The van der Waals surface area contributed by atoms with E-state index in [1.165, 1.54) is 13.2 Å². The van der Waals surface area contributed by atoms with Gasteiger partial charge in [0, 0.05) is 6.07 Å². The Morgan fingerprint density at radius 3 is 2.65 bits per heavy atom. The largest absolute Gasteiger partial charge is 0.508 e. The van der Waals surface area contributed by atoms with Crippen molar-refractivity contribution in [1.29, 1.82) is 0 Å². The monoisotopic (exact) mass is 333 g/mol.